The number of rotatable bonds is 3. The Morgan fingerprint density at radius 2 is 2.05 bits per heavy atom. The van der Waals surface area contributed by atoms with Gasteiger partial charge in [0.2, 0.25) is 0 Å². The van der Waals surface area contributed by atoms with Crippen LogP contribution >= 0.6 is 0 Å². The van der Waals surface area contributed by atoms with Crippen LogP contribution in [0.15, 0.2) is 16.9 Å². The molecule has 1 aliphatic heterocycles. The number of nitrogens with one attached hydrogen (secondary N) is 1. The predicted octanol–water partition coefficient (Wildman–Crippen LogP) is 1.48. The number of aromatic nitrogens is 1. The monoisotopic (exact) mass is 324 g/mol. The number of oxazole rings is 1. The molecular formula is C12H15F3N2O5. The summed E-state index contributed by atoms with van der Waals surface area (Å²) >= 11 is 0. The Morgan fingerprint density at radius 3 is 2.50 bits per heavy atom. The van der Waals surface area contributed by atoms with Crippen LogP contribution in [0.5, 0.6) is 0 Å². The third-order valence-electron chi connectivity index (χ3n) is 3.07. The van der Waals surface area contributed by atoms with Crippen LogP contribution < -0.4 is 5.32 Å². The summed E-state index contributed by atoms with van der Waals surface area (Å²) in [6, 6.07) is 0. The molecule has 1 aromatic rings. The molecular weight excluding hydrogens is 309 g/mol. The Kier molecular flexibility index (Phi) is 6.35. The van der Waals surface area contributed by atoms with Crippen molar-refractivity contribution in [3.8, 4) is 0 Å². The van der Waals surface area contributed by atoms with Crippen molar-refractivity contribution in [3.05, 3.63) is 18.4 Å². The number of hydrogen-bond donors (Lipinski definition) is 3. The second kappa shape index (κ2) is 7.78. The zero-order valence-corrected chi connectivity index (χ0v) is 11.3. The van der Waals surface area contributed by atoms with E-state index in [1.165, 1.54) is 6.26 Å². The van der Waals surface area contributed by atoms with Gasteiger partial charge in [0.1, 0.15) is 6.26 Å². The molecule has 0 amide bonds. The Balaban J connectivity index is 0.000000295. The van der Waals surface area contributed by atoms with Crippen LogP contribution in [-0.4, -0.2) is 46.4 Å². The van der Waals surface area contributed by atoms with Crippen LogP contribution in [0.3, 0.4) is 0 Å². The van der Waals surface area contributed by atoms with Crippen LogP contribution in [0.4, 0.5) is 13.2 Å². The van der Waals surface area contributed by atoms with Crippen molar-refractivity contribution in [2.45, 2.75) is 24.9 Å². The van der Waals surface area contributed by atoms with Crippen LogP contribution in [0, 0.1) is 5.92 Å². The molecule has 0 radical (unpaired) electrons. The van der Waals surface area contributed by atoms with Crippen molar-refractivity contribution in [1.29, 1.82) is 0 Å². The van der Waals surface area contributed by atoms with Crippen LogP contribution in [0.25, 0.3) is 0 Å². The van der Waals surface area contributed by atoms with Crippen molar-refractivity contribution in [2.24, 2.45) is 5.92 Å². The van der Waals surface area contributed by atoms with Gasteiger partial charge in [0.05, 0.1) is 12.1 Å². The minimum Gasteiger partial charge on any atom is -0.481 e. The number of nitrogens with zero attached hydrogens (tertiary/aromatic N) is 1. The number of aliphatic carboxylic acids is 2. The lowest BCUT2D eigenvalue weighted by Crippen LogP contribution is -2.36. The second-order valence-corrected chi connectivity index (χ2v) is 4.63. The standard InChI is InChI=1S/C10H14N2O3.C2HF3O2/c13-9(14)5-7-1-2-11-6-8(7)10-12-3-4-15-10;3-2(4,5)1(6)7/h3-4,7-8,11H,1-2,5-6H2,(H,13,14);(H,6,7). The Bertz CT molecular complexity index is 489. The van der Waals surface area contributed by atoms with E-state index in [0.717, 1.165) is 19.5 Å². The van der Waals surface area contributed by atoms with Crippen molar-refractivity contribution in [1.82, 2.24) is 10.3 Å². The Hall–Kier alpha value is -2.10. The minimum atomic E-state index is -5.08. The third kappa shape index (κ3) is 5.72. The SMILES string of the molecule is O=C(O)C(F)(F)F.O=C(O)CC1CCNCC1c1ncco1. The van der Waals surface area contributed by atoms with E-state index in [1.54, 1.807) is 6.20 Å². The van der Waals surface area contributed by atoms with E-state index in [1.807, 2.05) is 0 Å². The smallest absolute Gasteiger partial charge is 0.481 e. The molecule has 0 spiro atoms. The molecule has 1 aliphatic rings. The molecule has 1 aromatic heterocycles. The summed E-state index contributed by atoms with van der Waals surface area (Å²) in [6.07, 6.45) is -0.905. The normalized spacial score (nSPS) is 21.6. The maximum atomic E-state index is 10.7. The molecule has 0 saturated carbocycles. The van der Waals surface area contributed by atoms with E-state index in [0.29, 0.717) is 5.89 Å². The van der Waals surface area contributed by atoms with Crippen LogP contribution in [-0.2, 0) is 9.59 Å². The van der Waals surface area contributed by atoms with Crippen molar-refractivity contribution >= 4 is 11.9 Å². The van der Waals surface area contributed by atoms with Gasteiger partial charge < -0.3 is 19.9 Å². The summed E-state index contributed by atoms with van der Waals surface area (Å²) in [5.41, 5.74) is 0. The highest BCUT2D eigenvalue weighted by Crippen LogP contribution is 2.30. The number of hydrogen-bond acceptors (Lipinski definition) is 5. The third-order valence-corrected chi connectivity index (χ3v) is 3.07. The average Bonchev–Trinajstić information content (AvgIpc) is 2.92. The van der Waals surface area contributed by atoms with E-state index in [4.69, 9.17) is 19.4 Å². The lowest BCUT2D eigenvalue weighted by molar-refractivity contribution is -0.192. The summed E-state index contributed by atoms with van der Waals surface area (Å²) in [7, 11) is 0. The topological polar surface area (TPSA) is 113 Å². The van der Waals surface area contributed by atoms with Gasteiger partial charge in [-0.15, -0.1) is 0 Å². The molecule has 1 fully saturated rings. The molecule has 3 N–H and O–H groups in total. The summed E-state index contributed by atoms with van der Waals surface area (Å²) in [5.74, 6) is -2.65. The van der Waals surface area contributed by atoms with Gasteiger partial charge in [-0.1, -0.05) is 0 Å². The molecule has 10 heteroatoms. The molecule has 2 unspecified atom stereocenters. The molecule has 2 rings (SSSR count). The molecule has 1 saturated heterocycles. The number of carbonyl (C=O) groups is 2. The number of carboxylic acids is 2. The highest BCUT2D eigenvalue weighted by Gasteiger charge is 2.38. The van der Waals surface area contributed by atoms with E-state index in [-0.39, 0.29) is 18.3 Å². The summed E-state index contributed by atoms with van der Waals surface area (Å²) < 4.78 is 37.0. The van der Waals surface area contributed by atoms with Gasteiger partial charge in [-0.2, -0.15) is 13.2 Å². The summed E-state index contributed by atoms with van der Waals surface area (Å²) in [5, 5.41) is 19.2. The van der Waals surface area contributed by atoms with Gasteiger partial charge >= 0.3 is 18.1 Å². The number of alkyl halides is 3. The molecule has 0 aliphatic carbocycles. The van der Waals surface area contributed by atoms with Gasteiger partial charge in [0.25, 0.3) is 0 Å². The quantitative estimate of drug-likeness (QED) is 0.771. The molecule has 0 bridgehead atoms. The maximum absolute atomic E-state index is 10.7. The van der Waals surface area contributed by atoms with Crippen molar-refractivity contribution in [2.75, 3.05) is 13.1 Å². The molecule has 2 atom stereocenters. The van der Waals surface area contributed by atoms with Crippen LogP contribution in [0.2, 0.25) is 0 Å². The lowest BCUT2D eigenvalue weighted by Gasteiger charge is -2.28. The maximum Gasteiger partial charge on any atom is 0.490 e. The van der Waals surface area contributed by atoms with Gasteiger partial charge in [0, 0.05) is 13.0 Å². The van der Waals surface area contributed by atoms with E-state index in [2.05, 4.69) is 10.3 Å². The second-order valence-electron chi connectivity index (χ2n) is 4.63. The van der Waals surface area contributed by atoms with Gasteiger partial charge in [-0.3, -0.25) is 4.79 Å². The number of carboxylic acid groups (broad SMARTS) is 2. The molecule has 124 valence electrons. The van der Waals surface area contributed by atoms with Crippen molar-refractivity contribution < 1.29 is 37.4 Å². The number of halogens is 3. The first-order chi connectivity index (χ1) is 10.2. The zero-order valence-electron chi connectivity index (χ0n) is 11.3. The van der Waals surface area contributed by atoms with Crippen LogP contribution in [0.1, 0.15) is 24.7 Å². The van der Waals surface area contributed by atoms with Gasteiger partial charge in [-0.05, 0) is 18.9 Å². The van der Waals surface area contributed by atoms with E-state index < -0.39 is 18.1 Å². The Labute approximate surface area is 123 Å². The molecule has 2 heterocycles. The van der Waals surface area contributed by atoms with Crippen molar-refractivity contribution in [3.63, 3.8) is 0 Å². The predicted molar refractivity (Wildman–Crippen MR) is 66.2 cm³/mol. The first-order valence-corrected chi connectivity index (χ1v) is 6.33. The molecule has 0 aromatic carbocycles. The lowest BCUT2D eigenvalue weighted by atomic mass is 9.84. The first kappa shape index (κ1) is 18.0. The van der Waals surface area contributed by atoms with E-state index >= 15 is 0 Å². The highest BCUT2D eigenvalue weighted by molar-refractivity contribution is 5.73. The highest BCUT2D eigenvalue weighted by atomic mass is 19.4. The molecule has 22 heavy (non-hydrogen) atoms. The fourth-order valence-electron chi connectivity index (χ4n) is 2.09. The summed E-state index contributed by atoms with van der Waals surface area (Å²) in [6.45, 7) is 1.62. The molecule has 7 nitrogen and oxygen atoms in total. The number of piperidine rings is 1. The summed E-state index contributed by atoms with van der Waals surface area (Å²) in [4.78, 5) is 23.7. The first-order valence-electron chi connectivity index (χ1n) is 6.33. The largest absolute Gasteiger partial charge is 0.490 e. The minimum absolute atomic E-state index is 0.0878. The van der Waals surface area contributed by atoms with Gasteiger partial charge in [-0.25, -0.2) is 9.78 Å². The fourth-order valence-corrected chi connectivity index (χ4v) is 2.09. The van der Waals surface area contributed by atoms with Gasteiger partial charge in [0.15, 0.2) is 5.89 Å². The zero-order chi connectivity index (χ0) is 16.8. The van der Waals surface area contributed by atoms with E-state index in [9.17, 15) is 18.0 Å². The average molecular weight is 324 g/mol. The Morgan fingerprint density at radius 1 is 1.41 bits per heavy atom. The fraction of sp³-hybridized carbons (Fsp3) is 0.583.